The van der Waals surface area contributed by atoms with Crippen LogP contribution in [0.25, 0.3) is 0 Å². The van der Waals surface area contributed by atoms with E-state index in [-0.39, 0.29) is 17.3 Å². The Kier molecular flexibility index (Phi) is 6.16. The molecule has 0 aromatic heterocycles. The Bertz CT molecular complexity index is 1080. The number of anilines is 2. The first kappa shape index (κ1) is 20.4. The number of benzene rings is 3. The fraction of sp³-hybridized carbons (Fsp3) is 0.0952. The van der Waals surface area contributed by atoms with E-state index >= 15 is 0 Å². The van der Waals surface area contributed by atoms with Crippen LogP contribution in [0.4, 0.5) is 11.4 Å². The topological polar surface area (TPSA) is 102 Å². The number of rotatable bonds is 7. The van der Waals surface area contributed by atoms with Crippen molar-refractivity contribution in [3.8, 4) is 11.5 Å². The second-order valence-corrected chi connectivity index (χ2v) is 7.92. The molecule has 0 fully saturated rings. The van der Waals surface area contributed by atoms with Crippen LogP contribution < -0.4 is 20.1 Å². The molecule has 0 bridgehead atoms. The Morgan fingerprint density at radius 2 is 1.59 bits per heavy atom. The average Bonchev–Trinajstić information content (AvgIpc) is 2.69. The Balaban J connectivity index is 1.67. The summed E-state index contributed by atoms with van der Waals surface area (Å²) in [5.41, 5.74) is 1.24. The molecule has 0 heterocycles. The minimum Gasteiger partial charge on any atom is -0.455 e. The van der Waals surface area contributed by atoms with Gasteiger partial charge in [-0.05, 0) is 48.5 Å². The van der Waals surface area contributed by atoms with Crippen molar-refractivity contribution in [2.75, 3.05) is 23.8 Å². The summed E-state index contributed by atoms with van der Waals surface area (Å²) in [4.78, 5) is 14.2. The first-order valence-electron chi connectivity index (χ1n) is 8.79. The van der Waals surface area contributed by atoms with Crippen LogP contribution in [0, 0.1) is 0 Å². The molecule has 0 atom stereocenters. The van der Waals surface area contributed by atoms with Crippen molar-refractivity contribution in [2.24, 2.45) is 5.14 Å². The van der Waals surface area contributed by atoms with Crippen LogP contribution in [0.2, 0.25) is 0 Å². The standard InChI is InChI=1S/C21H21N3O4S/c1-24(15-21(25)23-16-11-13-18(14-12-16)29(22,26)27)19-9-5-6-10-20(19)28-17-7-3-2-4-8-17/h2-14H,15H2,1H3,(H,23,25)(H2,22,26,27). The molecule has 7 nitrogen and oxygen atoms in total. The number of ether oxygens (including phenoxy) is 1. The van der Waals surface area contributed by atoms with Crippen LogP contribution in [0.1, 0.15) is 0 Å². The van der Waals surface area contributed by atoms with Gasteiger partial charge in [0, 0.05) is 12.7 Å². The third-order valence-electron chi connectivity index (χ3n) is 4.09. The molecule has 3 aromatic carbocycles. The lowest BCUT2D eigenvalue weighted by atomic mass is 10.2. The maximum absolute atomic E-state index is 12.4. The van der Waals surface area contributed by atoms with E-state index in [1.807, 2.05) is 54.6 Å². The summed E-state index contributed by atoms with van der Waals surface area (Å²) in [5, 5.41) is 7.81. The molecule has 0 aliphatic heterocycles. The second-order valence-electron chi connectivity index (χ2n) is 6.36. The van der Waals surface area contributed by atoms with Gasteiger partial charge in [-0.1, -0.05) is 30.3 Å². The van der Waals surface area contributed by atoms with Gasteiger partial charge < -0.3 is 15.0 Å². The zero-order valence-corrected chi connectivity index (χ0v) is 16.6. The minimum atomic E-state index is -3.77. The summed E-state index contributed by atoms with van der Waals surface area (Å²) >= 11 is 0. The monoisotopic (exact) mass is 411 g/mol. The van der Waals surface area contributed by atoms with Crippen molar-refractivity contribution in [2.45, 2.75) is 4.90 Å². The number of carbonyl (C=O) groups is 1. The number of nitrogens with one attached hydrogen (secondary N) is 1. The van der Waals surface area contributed by atoms with Crippen LogP contribution in [0.5, 0.6) is 11.5 Å². The fourth-order valence-corrected chi connectivity index (χ4v) is 3.22. The van der Waals surface area contributed by atoms with E-state index < -0.39 is 10.0 Å². The first-order chi connectivity index (χ1) is 13.8. The number of hydrogen-bond acceptors (Lipinski definition) is 5. The maximum atomic E-state index is 12.4. The van der Waals surface area contributed by atoms with E-state index in [0.717, 1.165) is 5.69 Å². The van der Waals surface area contributed by atoms with Crippen LogP contribution >= 0.6 is 0 Å². The molecular formula is C21H21N3O4S. The molecule has 0 aliphatic carbocycles. The van der Waals surface area contributed by atoms with Gasteiger partial charge in [0.1, 0.15) is 5.75 Å². The quantitative estimate of drug-likeness (QED) is 0.622. The highest BCUT2D eigenvalue weighted by atomic mass is 32.2. The van der Waals surface area contributed by atoms with Crippen molar-refractivity contribution >= 4 is 27.3 Å². The highest BCUT2D eigenvalue weighted by molar-refractivity contribution is 7.89. The summed E-state index contributed by atoms with van der Waals surface area (Å²) in [6, 6.07) is 22.5. The number of carbonyl (C=O) groups excluding carboxylic acids is 1. The Hall–Kier alpha value is -3.36. The van der Waals surface area contributed by atoms with Crippen molar-refractivity contribution in [3.05, 3.63) is 78.9 Å². The van der Waals surface area contributed by atoms with Crippen LogP contribution in [-0.2, 0) is 14.8 Å². The smallest absolute Gasteiger partial charge is 0.243 e. The molecule has 0 radical (unpaired) electrons. The van der Waals surface area contributed by atoms with Gasteiger partial charge in [-0.2, -0.15) is 0 Å². The van der Waals surface area contributed by atoms with E-state index in [1.54, 1.807) is 11.9 Å². The minimum absolute atomic E-state index is 0.0143. The molecule has 0 aliphatic rings. The molecule has 3 N–H and O–H groups in total. The summed E-state index contributed by atoms with van der Waals surface area (Å²) in [6.07, 6.45) is 0. The molecule has 0 unspecified atom stereocenters. The first-order valence-corrected chi connectivity index (χ1v) is 10.3. The fourth-order valence-electron chi connectivity index (χ4n) is 2.70. The Morgan fingerprint density at radius 3 is 2.24 bits per heavy atom. The number of nitrogens with zero attached hydrogens (tertiary/aromatic N) is 1. The number of hydrogen-bond donors (Lipinski definition) is 2. The highest BCUT2D eigenvalue weighted by Gasteiger charge is 2.13. The van der Waals surface area contributed by atoms with Crippen LogP contribution in [-0.4, -0.2) is 27.9 Å². The van der Waals surface area contributed by atoms with Crippen molar-refractivity contribution < 1.29 is 17.9 Å². The predicted octanol–water partition coefficient (Wildman–Crippen LogP) is 3.20. The van der Waals surface area contributed by atoms with Crippen molar-refractivity contribution in [1.29, 1.82) is 0 Å². The number of para-hydroxylation sites is 3. The molecule has 29 heavy (non-hydrogen) atoms. The number of likely N-dealkylation sites (N-methyl/N-ethyl adjacent to an activating group) is 1. The van der Waals surface area contributed by atoms with E-state index in [0.29, 0.717) is 17.2 Å². The Labute approximate surface area is 169 Å². The second kappa shape index (κ2) is 8.76. The average molecular weight is 411 g/mol. The SMILES string of the molecule is CN(CC(=O)Nc1ccc(S(N)(=O)=O)cc1)c1ccccc1Oc1ccccc1. The molecule has 0 spiro atoms. The van der Waals surface area contributed by atoms with Crippen LogP contribution in [0.3, 0.4) is 0 Å². The van der Waals surface area contributed by atoms with Gasteiger partial charge in [0.05, 0.1) is 17.1 Å². The van der Waals surface area contributed by atoms with Gasteiger partial charge in [-0.3, -0.25) is 4.79 Å². The highest BCUT2D eigenvalue weighted by Crippen LogP contribution is 2.31. The molecule has 0 saturated heterocycles. The Morgan fingerprint density at radius 1 is 0.966 bits per heavy atom. The molecular weight excluding hydrogens is 390 g/mol. The van der Waals surface area contributed by atoms with Gasteiger partial charge in [0.2, 0.25) is 15.9 Å². The van der Waals surface area contributed by atoms with Gasteiger partial charge in [-0.25, -0.2) is 13.6 Å². The predicted molar refractivity (Wildman–Crippen MR) is 113 cm³/mol. The van der Waals surface area contributed by atoms with Gasteiger partial charge in [-0.15, -0.1) is 0 Å². The lowest BCUT2D eigenvalue weighted by Gasteiger charge is -2.22. The molecule has 150 valence electrons. The number of nitrogens with two attached hydrogens (primary N) is 1. The molecule has 1 amide bonds. The van der Waals surface area contributed by atoms with E-state index in [4.69, 9.17) is 9.88 Å². The van der Waals surface area contributed by atoms with Crippen molar-refractivity contribution in [1.82, 2.24) is 0 Å². The normalized spacial score (nSPS) is 11.0. The molecule has 0 saturated carbocycles. The molecule has 3 rings (SSSR count). The number of sulfonamides is 1. The van der Waals surface area contributed by atoms with E-state index in [2.05, 4.69) is 5.32 Å². The largest absolute Gasteiger partial charge is 0.455 e. The lowest BCUT2D eigenvalue weighted by molar-refractivity contribution is -0.114. The number of primary sulfonamides is 1. The van der Waals surface area contributed by atoms with Gasteiger partial charge in [0.25, 0.3) is 0 Å². The zero-order chi connectivity index (χ0) is 20.9. The van der Waals surface area contributed by atoms with E-state index in [9.17, 15) is 13.2 Å². The van der Waals surface area contributed by atoms with Gasteiger partial charge >= 0.3 is 0 Å². The maximum Gasteiger partial charge on any atom is 0.243 e. The third-order valence-corrected chi connectivity index (χ3v) is 5.02. The van der Waals surface area contributed by atoms with E-state index in [1.165, 1.54) is 24.3 Å². The van der Waals surface area contributed by atoms with Crippen LogP contribution in [0.15, 0.2) is 83.8 Å². The summed E-state index contributed by atoms with van der Waals surface area (Å²) < 4.78 is 28.5. The van der Waals surface area contributed by atoms with Crippen molar-refractivity contribution in [3.63, 3.8) is 0 Å². The van der Waals surface area contributed by atoms with Gasteiger partial charge in [0.15, 0.2) is 5.75 Å². The molecule has 3 aromatic rings. The molecule has 8 heteroatoms. The lowest BCUT2D eigenvalue weighted by Crippen LogP contribution is -2.30. The number of amides is 1. The third kappa shape index (κ3) is 5.56. The summed E-state index contributed by atoms with van der Waals surface area (Å²) in [6.45, 7) is 0.0755. The summed E-state index contributed by atoms with van der Waals surface area (Å²) in [7, 11) is -1.98. The summed E-state index contributed by atoms with van der Waals surface area (Å²) in [5.74, 6) is 1.07. The zero-order valence-electron chi connectivity index (χ0n) is 15.8.